The van der Waals surface area contributed by atoms with Gasteiger partial charge < -0.3 is 10.5 Å². The van der Waals surface area contributed by atoms with Crippen LogP contribution in [0.5, 0.6) is 5.75 Å². The second-order valence-corrected chi connectivity index (χ2v) is 5.69. The van der Waals surface area contributed by atoms with Gasteiger partial charge in [0.2, 0.25) is 0 Å². The Bertz CT molecular complexity index is 571. The zero-order valence-electron chi connectivity index (χ0n) is 12.8. The van der Waals surface area contributed by atoms with Crippen LogP contribution in [0.2, 0.25) is 0 Å². The molecule has 0 fully saturated rings. The van der Waals surface area contributed by atoms with Crippen LogP contribution in [-0.2, 0) is 0 Å². The molecule has 1 aromatic carbocycles. The second-order valence-electron chi connectivity index (χ2n) is 5.69. The molecule has 3 N–H and O–H groups in total. The van der Waals surface area contributed by atoms with Crippen LogP contribution in [0.4, 0.5) is 5.82 Å². The minimum atomic E-state index is 0.385. The van der Waals surface area contributed by atoms with Crippen LogP contribution >= 0.6 is 0 Å². The van der Waals surface area contributed by atoms with Crippen LogP contribution in [0, 0.1) is 0 Å². The number of nitrogens with zero attached hydrogens (tertiary/aromatic N) is 1. The zero-order valence-corrected chi connectivity index (χ0v) is 12.8. The van der Waals surface area contributed by atoms with Gasteiger partial charge in [-0.1, -0.05) is 27.7 Å². The molecule has 2 rings (SSSR count). The van der Waals surface area contributed by atoms with E-state index in [-0.39, 0.29) is 0 Å². The lowest BCUT2D eigenvalue weighted by atomic mass is 9.90. The Kier molecular flexibility index (Phi) is 4.02. The molecule has 4 nitrogen and oxygen atoms in total. The summed E-state index contributed by atoms with van der Waals surface area (Å²) in [5.74, 6) is 2.35. The Morgan fingerprint density at radius 1 is 1.10 bits per heavy atom. The molecule has 0 aliphatic carbocycles. The van der Waals surface area contributed by atoms with Gasteiger partial charge in [0, 0.05) is 5.56 Å². The van der Waals surface area contributed by atoms with Crippen molar-refractivity contribution in [3.8, 4) is 16.9 Å². The summed E-state index contributed by atoms with van der Waals surface area (Å²) in [5.41, 5.74) is 10.4. The summed E-state index contributed by atoms with van der Waals surface area (Å²) in [7, 11) is 1.74. The molecule has 0 saturated heterocycles. The molecule has 0 atom stereocenters. The first-order valence-electron chi connectivity index (χ1n) is 6.96. The van der Waals surface area contributed by atoms with Crippen molar-refractivity contribution in [1.82, 2.24) is 10.2 Å². The number of ether oxygens (including phenoxy) is 1. The van der Waals surface area contributed by atoms with E-state index in [0.29, 0.717) is 17.7 Å². The smallest absolute Gasteiger partial charge is 0.126 e. The third-order valence-corrected chi connectivity index (χ3v) is 3.57. The Balaban J connectivity index is 2.69. The number of nitrogen functional groups attached to an aromatic ring is 1. The fourth-order valence-electron chi connectivity index (χ4n) is 2.45. The highest BCUT2D eigenvalue weighted by molar-refractivity contribution is 5.75. The standard InChI is InChI=1S/C16H23N3O/c1-9(2)12-6-11(14-8-18-19-16(14)17)7-13(10(3)4)15(12)20-5/h6-10H,1-5H3,(H3,17,18,19). The molecule has 0 saturated carbocycles. The van der Waals surface area contributed by atoms with Gasteiger partial charge in [0.1, 0.15) is 11.6 Å². The highest BCUT2D eigenvalue weighted by Gasteiger charge is 2.18. The van der Waals surface area contributed by atoms with Gasteiger partial charge in [0.15, 0.2) is 0 Å². The van der Waals surface area contributed by atoms with E-state index in [1.165, 1.54) is 11.1 Å². The molecule has 1 aromatic heterocycles. The molecule has 0 bridgehead atoms. The van der Waals surface area contributed by atoms with Crippen LogP contribution in [-0.4, -0.2) is 17.3 Å². The molecule has 0 radical (unpaired) electrons. The summed E-state index contributed by atoms with van der Waals surface area (Å²) in [4.78, 5) is 0. The number of methoxy groups -OCH3 is 1. The Morgan fingerprint density at radius 3 is 2.00 bits per heavy atom. The molecule has 2 aromatic rings. The maximum atomic E-state index is 5.95. The maximum Gasteiger partial charge on any atom is 0.126 e. The van der Waals surface area contributed by atoms with Crippen molar-refractivity contribution in [2.75, 3.05) is 12.8 Å². The van der Waals surface area contributed by atoms with Crippen molar-refractivity contribution in [2.24, 2.45) is 0 Å². The van der Waals surface area contributed by atoms with Gasteiger partial charge in [-0.05, 0) is 40.7 Å². The van der Waals surface area contributed by atoms with Crippen LogP contribution < -0.4 is 10.5 Å². The molecule has 0 amide bonds. The van der Waals surface area contributed by atoms with Crippen molar-refractivity contribution in [3.63, 3.8) is 0 Å². The van der Waals surface area contributed by atoms with E-state index in [9.17, 15) is 0 Å². The van der Waals surface area contributed by atoms with Crippen molar-refractivity contribution in [2.45, 2.75) is 39.5 Å². The first-order chi connectivity index (χ1) is 9.45. The molecular formula is C16H23N3O. The van der Waals surface area contributed by atoms with Crippen molar-refractivity contribution in [1.29, 1.82) is 0 Å². The number of anilines is 1. The van der Waals surface area contributed by atoms with Crippen molar-refractivity contribution >= 4 is 5.82 Å². The second kappa shape index (κ2) is 5.57. The van der Waals surface area contributed by atoms with E-state index in [0.717, 1.165) is 16.9 Å². The molecule has 4 heteroatoms. The van der Waals surface area contributed by atoms with Gasteiger partial charge in [-0.2, -0.15) is 5.10 Å². The number of H-pyrrole nitrogens is 1. The third kappa shape index (κ3) is 2.50. The summed E-state index contributed by atoms with van der Waals surface area (Å²) in [5, 5.41) is 6.80. The first kappa shape index (κ1) is 14.4. The van der Waals surface area contributed by atoms with Gasteiger partial charge >= 0.3 is 0 Å². The minimum Gasteiger partial charge on any atom is -0.496 e. The Labute approximate surface area is 120 Å². The lowest BCUT2D eigenvalue weighted by Crippen LogP contribution is -2.02. The summed E-state index contributed by atoms with van der Waals surface area (Å²) in [6, 6.07) is 4.30. The normalized spacial score (nSPS) is 11.3. The van der Waals surface area contributed by atoms with E-state index < -0.39 is 0 Å². The monoisotopic (exact) mass is 273 g/mol. The summed E-state index contributed by atoms with van der Waals surface area (Å²) in [6.07, 6.45) is 1.77. The van der Waals surface area contributed by atoms with Gasteiger partial charge in [-0.15, -0.1) is 0 Å². The first-order valence-corrected chi connectivity index (χ1v) is 6.96. The van der Waals surface area contributed by atoms with Gasteiger partial charge in [-0.3, -0.25) is 5.10 Å². The summed E-state index contributed by atoms with van der Waals surface area (Å²) in [6.45, 7) is 8.68. The number of nitrogens with one attached hydrogen (secondary N) is 1. The number of benzene rings is 1. The molecule has 0 unspecified atom stereocenters. The number of hydrogen-bond donors (Lipinski definition) is 2. The molecule has 0 spiro atoms. The molecule has 20 heavy (non-hydrogen) atoms. The SMILES string of the molecule is COc1c(C(C)C)cc(-c2cn[nH]c2N)cc1C(C)C. The number of hydrogen-bond acceptors (Lipinski definition) is 3. The predicted octanol–water partition coefficient (Wildman–Crippen LogP) is 3.91. The summed E-state index contributed by atoms with van der Waals surface area (Å²) >= 11 is 0. The topological polar surface area (TPSA) is 63.9 Å². The van der Waals surface area contributed by atoms with Crippen LogP contribution in [0.1, 0.15) is 50.7 Å². The van der Waals surface area contributed by atoms with E-state index in [2.05, 4.69) is 50.0 Å². The number of aromatic amines is 1. The minimum absolute atomic E-state index is 0.385. The number of aromatic nitrogens is 2. The van der Waals surface area contributed by atoms with E-state index >= 15 is 0 Å². The lowest BCUT2D eigenvalue weighted by Gasteiger charge is -2.20. The maximum absolute atomic E-state index is 5.95. The Morgan fingerprint density at radius 2 is 1.65 bits per heavy atom. The average molecular weight is 273 g/mol. The molecule has 1 heterocycles. The molecular weight excluding hydrogens is 250 g/mol. The van der Waals surface area contributed by atoms with Crippen molar-refractivity contribution < 1.29 is 4.74 Å². The highest BCUT2D eigenvalue weighted by atomic mass is 16.5. The van der Waals surface area contributed by atoms with Crippen LogP contribution in [0.15, 0.2) is 18.3 Å². The number of nitrogens with two attached hydrogens (primary N) is 1. The molecule has 108 valence electrons. The largest absolute Gasteiger partial charge is 0.496 e. The number of rotatable bonds is 4. The van der Waals surface area contributed by atoms with Crippen molar-refractivity contribution in [3.05, 3.63) is 29.5 Å². The molecule has 0 aliphatic rings. The average Bonchev–Trinajstić information content (AvgIpc) is 2.83. The lowest BCUT2D eigenvalue weighted by molar-refractivity contribution is 0.400. The highest BCUT2D eigenvalue weighted by Crippen LogP contribution is 2.39. The van der Waals surface area contributed by atoms with Gasteiger partial charge in [0.25, 0.3) is 0 Å². The third-order valence-electron chi connectivity index (χ3n) is 3.57. The van der Waals surface area contributed by atoms with Gasteiger partial charge in [0.05, 0.1) is 13.3 Å². The predicted molar refractivity (Wildman–Crippen MR) is 83.2 cm³/mol. The fraction of sp³-hybridized carbons (Fsp3) is 0.438. The molecule has 0 aliphatic heterocycles. The summed E-state index contributed by atoms with van der Waals surface area (Å²) < 4.78 is 5.65. The fourth-order valence-corrected chi connectivity index (χ4v) is 2.45. The van der Waals surface area contributed by atoms with Gasteiger partial charge in [-0.25, -0.2) is 0 Å². The van der Waals surface area contributed by atoms with E-state index in [1.807, 2.05) is 0 Å². The van der Waals surface area contributed by atoms with E-state index in [4.69, 9.17) is 10.5 Å². The Hall–Kier alpha value is -1.97. The quantitative estimate of drug-likeness (QED) is 0.887. The zero-order chi connectivity index (χ0) is 14.9. The van der Waals surface area contributed by atoms with Crippen LogP contribution in [0.3, 0.4) is 0 Å². The van der Waals surface area contributed by atoms with E-state index in [1.54, 1.807) is 13.3 Å². The van der Waals surface area contributed by atoms with Crippen LogP contribution in [0.25, 0.3) is 11.1 Å².